The lowest BCUT2D eigenvalue weighted by Crippen LogP contribution is -2.50. The molecule has 1 aliphatic rings. The summed E-state index contributed by atoms with van der Waals surface area (Å²) in [5.74, 6) is 2.03. The van der Waals surface area contributed by atoms with Crippen LogP contribution in [0.3, 0.4) is 0 Å². The maximum Gasteiger partial charge on any atom is 0.298 e. The monoisotopic (exact) mass is 606 g/mol. The molecule has 2 amide bonds. The molecular weight excluding hydrogens is 576 g/mol. The Balaban J connectivity index is 1.34. The normalized spacial score (nSPS) is 13.5. The maximum atomic E-state index is 13.3. The van der Waals surface area contributed by atoms with Gasteiger partial charge < -0.3 is 23.8 Å². The van der Waals surface area contributed by atoms with Gasteiger partial charge in [-0.15, -0.1) is 6.42 Å². The van der Waals surface area contributed by atoms with Gasteiger partial charge in [0.05, 0.1) is 32.5 Å². The highest BCUT2D eigenvalue weighted by molar-refractivity contribution is 7.92. The number of aryl methyl sites for hydroxylation is 1. The first-order valence-corrected chi connectivity index (χ1v) is 14.9. The van der Waals surface area contributed by atoms with Crippen molar-refractivity contribution in [3.63, 3.8) is 0 Å². The largest absolute Gasteiger partial charge is 0.496 e. The van der Waals surface area contributed by atoms with Crippen molar-refractivity contribution in [3.05, 3.63) is 59.4 Å². The molecule has 2 aromatic heterocycles. The van der Waals surface area contributed by atoms with Gasteiger partial charge in [-0.25, -0.2) is 8.42 Å². The van der Waals surface area contributed by atoms with Gasteiger partial charge in [0.2, 0.25) is 0 Å². The number of hydrogen-bond donors (Lipinski definition) is 1. The second-order valence-electron chi connectivity index (χ2n) is 9.80. The van der Waals surface area contributed by atoms with Gasteiger partial charge in [0, 0.05) is 32.4 Å². The molecule has 0 spiro atoms. The minimum Gasteiger partial charge on any atom is -0.496 e. The van der Waals surface area contributed by atoms with Crippen LogP contribution in [0.25, 0.3) is 11.0 Å². The molecule has 0 aliphatic carbocycles. The number of rotatable bonds is 9. The van der Waals surface area contributed by atoms with Crippen molar-refractivity contribution in [1.29, 1.82) is 0 Å². The summed E-state index contributed by atoms with van der Waals surface area (Å²) in [5.41, 5.74) is 2.25. The highest BCUT2D eigenvalue weighted by Gasteiger charge is 2.26. The first-order valence-electron chi connectivity index (χ1n) is 13.4. The summed E-state index contributed by atoms with van der Waals surface area (Å²) in [6, 6.07) is 8.39. The number of anilines is 1. The van der Waals surface area contributed by atoms with Crippen LogP contribution in [0, 0.1) is 12.3 Å². The molecule has 0 radical (unpaired) electrons. The van der Waals surface area contributed by atoms with Crippen molar-refractivity contribution < 1.29 is 32.0 Å². The number of piperazine rings is 1. The van der Waals surface area contributed by atoms with Gasteiger partial charge in [0.25, 0.3) is 21.8 Å². The molecule has 43 heavy (non-hydrogen) atoms. The first-order chi connectivity index (χ1) is 20.7. The van der Waals surface area contributed by atoms with Crippen LogP contribution in [-0.2, 0) is 27.8 Å². The van der Waals surface area contributed by atoms with E-state index >= 15 is 0 Å². The van der Waals surface area contributed by atoms with E-state index in [0.717, 1.165) is 11.1 Å². The lowest BCUT2D eigenvalue weighted by Gasteiger charge is -2.33. The predicted molar refractivity (Wildman–Crippen MR) is 156 cm³/mol. The summed E-state index contributed by atoms with van der Waals surface area (Å²) in [6.07, 6.45) is 8.96. The fraction of sp³-hybridized carbons (Fsp3) is 0.310. The van der Waals surface area contributed by atoms with E-state index in [4.69, 9.17) is 20.4 Å². The highest BCUT2D eigenvalue weighted by atomic mass is 32.2. The van der Waals surface area contributed by atoms with E-state index in [1.807, 2.05) is 6.92 Å². The number of carbonyl (C=O) groups is 2. The van der Waals surface area contributed by atoms with Gasteiger partial charge in [-0.3, -0.25) is 19.0 Å². The summed E-state index contributed by atoms with van der Waals surface area (Å²) in [4.78, 5) is 27.9. The van der Waals surface area contributed by atoms with Crippen molar-refractivity contribution in [2.45, 2.75) is 24.8 Å². The van der Waals surface area contributed by atoms with Gasteiger partial charge in [-0.05, 0) is 47.7 Å². The van der Waals surface area contributed by atoms with Crippen LogP contribution < -0.4 is 14.2 Å². The predicted octanol–water partition coefficient (Wildman–Crippen LogP) is 2.37. The summed E-state index contributed by atoms with van der Waals surface area (Å²) >= 11 is 0. The lowest BCUT2D eigenvalue weighted by atomic mass is 10.1. The number of ether oxygens (including phenoxy) is 2. The molecule has 3 heterocycles. The number of nitrogens with zero attached hydrogens (tertiary/aromatic N) is 5. The Labute approximate surface area is 248 Å². The summed E-state index contributed by atoms with van der Waals surface area (Å²) < 4.78 is 47.1. The Kier molecular flexibility index (Phi) is 8.27. The van der Waals surface area contributed by atoms with Crippen molar-refractivity contribution in [3.8, 4) is 23.8 Å². The quantitative estimate of drug-likeness (QED) is 0.284. The molecule has 1 saturated heterocycles. The Bertz CT molecular complexity index is 1830. The number of fused-ring (bicyclic) bond motifs is 1. The fourth-order valence-electron chi connectivity index (χ4n) is 4.88. The summed E-state index contributed by atoms with van der Waals surface area (Å²) in [5, 5.41) is 8.64. The number of hydrogen-bond acceptors (Lipinski definition) is 9. The smallest absolute Gasteiger partial charge is 0.298 e. The fourth-order valence-corrected chi connectivity index (χ4v) is 6.11. The van der Waals surface area contributed by atoms with Gasteiger partial charge in [0.15, 0.2) is 11.4 Å². The van der Waals surface area contributed by atoms with Gasteiger partial charge in [-0.1, -0.05) is 18.1 Å². The highest BCUT2D eigenvalue weighted by Crippen LogP contribution is 2.36. The molecule has 0 atom stereocenters. The summed E-state index contributed by atoms with van der Waals surface area (Å²) in [6.45, 7) is 3.69. The molecule has 1 fully saturated rings. The van der Waals surface area contributed by atoms with Crippen LogP contribution >= 0.6 is 0 Å². The number of amides is 2. The number of carbonyl (C=O) groups excluding carboxylic acids is 2. The van der Waals surface area contributed by atoms with E-state index in [9.17, 15) is 18.0 Å². The molecule has 0 bridgehead atoms. The zero-order chi connectivity index (χ0) is 30.7. The molecule has 0 saturated carbocycles. The third kappa shape index (κ3) is 5.98. The number of aromatic nitrogens is 3. The number of sulfonamides is 1. The Morgan fingerprint density at radius 2 is 1.77 bits per heavy atom. The Morgan fingerprint density at radius 3 is 2.44 bits per heavy atom. The van der Waals surface area contributed by atoms with Gasteiger partial charge in [0.1, 0.15) is 21.8 Å². The van der Waals surface area contributed by atoms with E-state index in [0.29, 0.717) is 54.9 Å². The van der Waals surface area contributed by atoms with Crippen LogP contribution in [0.1, 0.15) is 28.4 Å². The SMILES string of the molecule is C#CC(=O)N1CCN(C(=O)c2cnn(Cc3cc(OC)c4c(NS(=O)(=O)c5cc(CC)ccc5OC)noc4c3)c2)CC1. The lowest BCUT2D eigenvalue weighted by molar-refractivity contribution is -0.126. The van der Waals surface area contributed by atoms with Crippen LogP contribution in [0.5, 0.6) is 11.5 Å². The zero-order valence-corrected chi connectivity index (χ0v) is 24.7. The molecule has 224 valence electrons. The molecule has 1 aliphatic heterocycles. The molecule has 13 nitrogen and oxygen atoms in total. The molecule has 2 aromatic carbocycles. The average Bonchev–Trinajstić information content (AvgIpc) is 3.66. The van der Waals surface area contributed by atoms with Crippen molar-refractivity contribution in [1.82, 2.24) is 24.7 Å². The minimum absolute atomic E-state index is 0.0203. The number of nitrogens with one attached hydrogen (secondary N) is 1. The van der Waals surface area contributed by atoms with E-state index in [-0.39, 0.29) is 34.8 Å². The van der Waals surface area contributed by atoms with Crippen molar-refractivity contribution in [2.24, 2.45) is 0 Å². The van der Waals surface area contributed by atoms with Crippen molar-refractivity contribution in [2.75, 3.05) is 45.1 Å². The third-order valence-electron chi connectivity index (χ3n) is 7.18. The van der Waals surface area contributed by atoms with Crippen LogP contribution in [0.2, 0.25) is 0 Å². The average molecular weight is 607 g/mol. The summed E-state index contributed by atoms with van der Waals surface area (Å²) in [7, 11) is -1.23. The maximum absolute atomic E-state index is 13.3. The van der Waals surface area contributed by atoms with Crippen LogP contribution in [-0.4, -0.2) is 85.4 Å². The van der Waals surface area contributed by atoms with Crippen LogP contribution in [0.15, 0.2) is 52.1 Å². The van der Waals surface area contributed by atoms with E-state index in [1.165, 1.54) is 25.3 Å². The first kappa shape index (κ1) is 29.5. The standard InChI is InChI=1S/C29H30N6O7S/c1-5-19-7-8-22(40-3)25(15-19)43(38,39)32-28-27-23(41-4)13-20(14-24(27)42-31-28)17-35-18-21(16-30-35)29(37)34-11-9-33(10-12-34)26(36)6-2/h2,7-8,13-16,18H,5,9-12,17H2,1,3-4H3,(H,31,32). The second kappa shape index (κ2) is 12.1. The Hall–Kier alpha value is -5.03. The molecule has 1 N–H and O–H groups in total. The van der Waals surface area contributed by atoms with E-state index in [1.54, 1.807) is 46.1 Å². The molecule has 4 aromatic rings. The number of terminal acetylenes is 1. The molecule has 14 heteroatoms. The van der Waals surface area contributed by atoms with E-state index < -0.39 is 10.0 Å². The topological polar surface area (TPSA) is 149 Å². The number of benzene rings is 2. The van der Waals surface area contributed by atoms with E-state index in [2.05, 4.69) is 20.9 Å². The van der Waals surface area contributed by atoms with Crippen LogP contribution in [0.4, 0.5) is 5.82 Å². The second-order valence-corrected chi connectivity index (χ2v) is 11.5. The minimum atomic E-state index is -4.09. The number of methoxy groups -OCH3 is 2. The zero-order valence-electron chi connectivity index (χ0n) is 23.9. The molecule has 0 unspecified atom stereocenters. The van der Waals surface area contributed by atoms with Crippen molar-refractivity contribution >= 4 is 38.6 Å². The van der Waals surface area contributed by atoms with Gasteiger partial charge >= 0.3 is 0 Å². The van der Waals surface area contributed by atoms with Gasteiger partial charge in [-0.2, -0.15) is 5.10 Å². The molecule has 5 rings (SSSR count). The third-order valence-corrected chi connectivity index (χ3v) is 8.54. The molecular formula is C29H30N6O7S. The Morgan fingerprint density at radius 1 is 1.05 bits per heavy atom.